The molecule has 2 heterocycles. The van der Waals surface area contributed by atoms with Crippen LogP contribution in [-0.2, 0) is 11.3 Å². The van der Waals surface area contributed by atoms with Crippen LogP contribution >= 0.6 is 0 Å². The van der Waals surface area contributed by atoms with Gasteiger partial charge < -0.3 is 20.2 Å². The molecule has 0 radical (unpaired) electrons. The van der Waals surface area contributed by atoms with Crippen molar-refractivity contribution >= 4 is 11.9 Å². The van der Waals surface area contributed by atoms with Gasteiger partial charge in [-0.1, -0.05) is 36.8 Å². The van der Waals surface area contributed by atoms with E-state index in [-0.39, 0.29) is 17.9 Å². The molecular formula is C19H27N3O3. The molecule has 6 nitrogen and oxygen atoms in total. The number of rotatable bonds is 3. The average molecular weight is 345 g/mol. The molecule has 2 aliphatic heterocycles. The highest BCUT2D eigenvalue weighted by molar-refractivity contribution is 5.88. The third-order valence-electron chi connectivity index (χ3n) is 5.01. The molecule has 2 aliphatic rings. The van der Waals surface area contributed by atoms with Crippen molar-refractivity contribution < 1.29 is 14.7 Å². The van der Waals surface area contributed by atoms with Crippen LogP contribution < -0.4 is 5.32 Å². The minimum absolute atomic E-state index is 0.0282. The van der Waals surface area contributed by atoms with E-state index in [1.54, 1.807) is 9.80 Å². The number of hydrogen-bond acceptors (Lipinski definition) is 3. The van der Waals surface area contributed by atoms with E-state index in [0.717, 1.165) is 12.0 Å². The molecule has 2 saturated heterocycles. The van der Waals surface area contributed by atoms with E-state index in [2.05, 4.69) is 5.32 Å². The van der Waals surface area contributed by atoms with Gasteiger partial charge in [-0.05, 0) is 31.2 Å². The van der Waals surface area contributed by atoms with Crippen LogP contribution in [0.2, 0.25) is 0 Å². The topological polar surface area (TPSA) is 72.9 Å². The second-order valence-electron chi connectivity index (χ2n) is 7.44. The van der Waals surface area contributed by atoms with Crippen LogP contribution in [0.4, 0.5) is 4.79 Å². The molecule has 0 aliphatic carbocycles. The number of aliphatic hydroxyl groups excluding tert-OH is 1. The highest BCUT2D eigenvalue weighted by atomic mass is 16.3. The highest BCUT2D eigenvalue weighted by Crippen LogP contribution is 2.19. The third-order valence-corrected chi connectivity index (χ3v) is 5.01. The lowest BCUT2D eigenvalue weighted by molar-refractivity contribution is -0.129. The number of hydrogen-bond donors (Lipinski definition) is 2. The van der Waals surface area contributed by atoms with Crippen LogP contribution in [0.5, 0.6) is 0 Å². The summed E-state index contributed by atoms with van der Waals surface area (Å²) in [6.45, 7) is 6.24. The molecule has 6 heteroatoms. The van der Waals surface area contributed by atoms with E-state index in [4.69, 9.17) is 0 Å². The molecule has 1 unspecified atom stereocenters. The third kappa shape index (κ3) is 4.31. The van der Waals surface area contributed by atoms with E-state index in [9.17, 15) is 14.7 Å². The summed E-state index contributed by atoms with van der Waals surface area (Å²) in [4.78, 5) is 28.4. The number of benzene rings is 1. The number of nitrogens with zero attached hydrogens (tertiary/aromatic N) is 2. The summed E-state index contributed by atoms with van der Waals surface area (Å²) < 4.78 is 0. The predicted molar refractivity (Wildman–Crippen MR) is 94.9 cm³/mol. The quantitative estimate of drug-likeness (QED) is 0.872. The van der Waals surface area contributed by atoms with E-state index >= 15 is 0 Å². The monoisotopic (exact) mass is 345 g/mol. The van der Waals surface area contributed by atoms with Gasteiger partial charge >= 0.3 is 6.03 Å². The first-order valence-corrected chi connectivity index (χ1v) is 9.00. The summed E-state index contributed by atoms with van der Waals surface area (Å²) in [7, 11) is 0. The number of urea groups is 1. The van der Waals surface area contributed by atoms with Crippen LogP contribution in [0.15, 0.2) is 24.3 Å². The molecule has 0 saturated carbocycles. The Bertz CT molecular complexity index is 621. The number of nitrogens with one attached hydrogen (secondary N) is 1. The van der Waals surface area contributed by atoms with Gasteiger partial charge in [0, 0.05) is 26.2 Å². The number of likely N-dealkylation sites (tertiary alicyclic amines) is 2. The van der Waals surface area contributed by atoms with Crippen molar-refractivity contribution in [3.63, 3.8) is 0 Å². The van der Waals surface area contributed by atoms with E-state index < -0.39 is 12.1 Å². The smallest absolute Gasteiger partial charge is 0.318 e. The largest absolute Gasteiger partial charge is 0.391 e. The standard InChI is InChI=1S/C19H27N3O3/c1-13-3-5-15(6-4-13)11-21-8-7-17(18(21)24)20-19(25)22-10-14(2)9-16(23)12-22/h3-6,14,16-17,23H,7-12H2,1-2H3,(H,20,25)/t14-,16+,17?/m1/s1. The van der Waals surface area contributed by atoms with Crippen molar-refractivity contribution in [3.8, 4) is 0 Å². The van der Waals surface area contributed by atoms with Crippen molar-refractivity contribution in [1.29, 1.82) is 0 Å². The van der Waals surface area contributed by atoms with Crippen molar-refractivity contribution in [2.24, 2.45) is 5.92 Å². The number of amides is 3. The maximum Gasteiger partial charge on any atom is 0.318 e. The van der Waals surface area contributed by atoms with Crippen LogP contribution in [0.3, 0.4) is 0 Å². The van der Waals surface area contributed by atoms with Gasteiger partial charge in [0.2, 0.25) is 5.91 Å². The SMILES string of the molecule is Cc1ccc(CN2CCC(NC(=O)N3C[C@H](C)C[C@H](O)C3)C2=O)cc1. The Balaban J connectivity index is 1.54. The van der Waals surface area contributed by atoms with Crippen molar-refractivity contribution in [3.05, 3.63) is 35.4 Å². The normalized spacial score (nSPS) is 26.8. The van der Waals surface area contributed by atoms with Gasteiger partial charge in [-0.2, -0.15) is 0 Å². The van der Waals surface area contributed by atoms with Crippen molar-refractivity contribution in [1.82, 2.24) is 15.1 Å². The minimum Gasteiger partial charge on any atom is -0.391 e. The van der Waals surface area contributed by atoms with Gasteiger partial charge in [-0.3, -0.25) is 4.79 Å². The Labute approximate surface area is 148 Å². The lowest BCUT2D eigenvalue weighted by Crippen LogP contribution is -2.53. The van der Waals surface area contributed by atoms with Gasteiger partial charge in [0.25, 0.3) is 0 Å². The van der Waals surface area contributed by atoms with Crippen molar-refractivity contribution in [2.45, 2.75) is 45.4 Å². The maximum atomic E-state index is 12.6. The molecule has 25 heavy (non-hydrogen) atoms. The predicted octanol–water partition coefficient (Wildman–Crippen LogP) is 1.51. The highest BCUT2D eigenvalue weighted by Gasteiger charge is 2.35. The van der Waals surface area contributed by atoms with Gasteiger partial charge in [0.1, 0.15) is 6.04 Å². The summed E-state index contributed by atoms with van der Waals surface area (Å²) in [5.41, 5.74) is 2.29. The average Bonchev–Trinajstić information content (AvgIpc) is 2.89. The zero-order chi connectivity index (χ0) is 18.0. The fourth-order valence-corrected chi connectivity index (χ4v) is 3.67. The van der Waals surface area contributed by atoms with Gasteiger partial charge in [0.05, 0.1) is 6.10 Å². The summed E-state index contributed by atoms with van der Waals surface area (Å²) >= 11 is 0. The number of carbonyl (C=O) groups is 2. The second-order valence-corrected chi connectivity index (χ2v) is 7.44. The molecular weight excluding hydrogens is 318 g/mol. The Morgan fingerprint density at radius 1 is 1.28 bits per heavy atom. The fraction of sp³-hybridized carbons (Fsp3) is 0.579. The molecule has 2 fully saturated rings. The van der Waals surface area contributed by atoms with Gasteiger partial charge in [0.15, 0.2) is 0 Å². The molecule has 0 spiro atoms. The van der Waals surface area contributed by atoms with Crippen molar-refractivity contribution in [2.75, 3.05) is 19.6 Å². The molecule has 0 aromatic heterocycles. The molecule has 3 atom stereocenters. The summed E-state index contributed by atoms with van der Waals surface area (Å²) in [6.07, 6.45) is 0.866. The number of β-amino-alcohol motifs (C(OH)–C–C–N with tert-alkyl or cyclic N) is 1. The fourth-order valence-electron chi connectivity index (χ4n) is 3.67. The molecule has 3 amide bonds. The first-order chi connectivity index (χ1) is 11.9. The number of aryl methyl sites for hydroxylation is 1. The molecule has 1 aromatic carbocycles. The first-order valence-electron chi connectivity index (χ1n) is 9.00. The first kappa shape index (κ1) is 17.7. The maximum absolute atomic E-state index is 12.6. The molecule has 2 N–H and O–H groups in total. The van der Waals surface area contributed by atoms with Crippen LogP contribution in [0.1, 0.15) is 30.9 Å². The Hall–Kier alpha value is -2.08. The van der Waals surface area contributed by atoms with Crippen LogP contribution in [0.25, 0.3) is 0 Å². The number of piperidine rings is 1. The Kier molecular flexibility index (Phi) is 5.27. The van der Waals surface area contributed by atoms with Gasteiger partial charge in [-0.25, -0.2) is 4.79 Å². The summed E-state index contributed by atoms with van der Waals surface area (Å²) in [5, 5.41) is 12.7. The van der Waals surface area contributed by atoms with Gasteiger partial charge in [-0.15, -0.1) is 0 Å². The molecule has 1 aromatic rings. The number of aliphatic hydroxyl groups is 1. The summed E-state index contributed by atoms with van der Waals surface area (Å²) in [5.74, 6) is 0.242. The molecule has 136 valence electrons. The summed E-state index contributed by atoms with van der Waals surface area (Å²) in [6, 6.07) is 7.43. The lowest BCUT2D eigenvalue weighted by atomic mass is 9.98. The van der Waals surface area contributed by atoms with E-state index in [1.165, 1.54) is 5.56 Å². The molecule has 3 rings (SSSR count). The second kappa shape index (κ2) is 7.44. The Morgan fingerprint density at radius 2 is 2.00 bits per heavy atom. The Morgan fingerprint density at radius 3 is 2.68 bits per heavy atom. The van der Waals surface area contributed by atoms with E-state index in [1.807, 2.05) is 38.1 Å². The van der Waals surface area contributed by atoms with Crippen LogP contribution in [0, 0.1) is 12.8 Å². The minimum atomic E-state index is -0.480. The van der Waals surface area contributed by atoms with E-state index in [0.29, 0.717) is 32.6 Å². The lowest BCUT2D eigenvalue weighted by Gasteiger charge is -2.34. The zero-order valence-corrected chi connectivity index (χ0v) is 14.9. The van der Waals surface area contributed by atoms with Crippen LogP contribution in [-0.4, -0.2) is 58.6 Å². The number of carbonyl (C=O) groups excluding carboxylic acids is 2. The zero-order valence-electron chi connectivity index (χ0n) is 14.9. The molecule has 0 bridgehead atoms.